The molecule has 1 heterocycles. The summed E-state index contributed by atoms with van der Waals surface area (Å²) in [4.78, 5) is 38.3. The van der Waals surface area contributed by atoms with Crippen molar-refractivity contribution in [1.82, 2.24) is 4.57 Å². The molecule has 0 aliphatic carbocycles. The second kappa shape index (κ2) is 10.6. The number of carbonyl (C=O) groups excluding carboxylic acids is 3. The van der Waals surface area contributed by atoms with Gasteiger partial charge in [-0.2, -0.15) is 0 Å². The Hall–Kier alpha value is -4.59. The number of fused-ring (bicyclic) bond motifs is 1. The van der Waals surface area contributed by atoms with E-state index in [1.165, 1.54) is 4.57 Å². The number of rotatable bonds is 5. The van der Waals surface area contributed by atoms with E-state index in [0.29, 0.717) is 22.6 Å². The van der Waals surface area contributed by atoms with Crippen LogP contribution in [0.4, 0.5) is 10.5 Å². The SMILES string of the molecule is CC(C)(C)OC(=O)c1ccc(Oc2ccc3c(ccn3C(=O)OC(C)(C)C)c2)cc1NC(=O)c1ccccc1. The number of amides is 1. The average Bonchev–Trinajstić information content (AvgIpc) is 3.26. The second-order valence-corrected chi connectivity index (χ2v) is 11.0. The molecule has 3 aromatic carbocycles. The third kappa shape index (κ3) is 7.04. The van der Waals surface area contributed by atoms with Crippen LogP contribution in [-0.2, 0) is 9.47 Å². The molecule has 0 bridgehead atoms. The number of nitrogens with zero attached hydrogens (tertiary/aromatic N) is 1. The highest BCUT2D eigenvalue weighted by Crippen LogP contribution is 2.31. The van der Waals surface area contributed by atoms with E-state index < -0.39 is 23.3 Å². The lowest BCUT2D eigenvalue weighted by Crippen LogP contribution is -2.26. The van der Waals surface area contributed by atoms with Gasteiger partial charge < -0.3 is 19.5 Å². The predicted octanol–water partition coefficient (Wildman–Crippen LogP) is 7.42. The fourth-order valence-electron chi connectivity index (χ4n) is 3.78. The highest BCUT2D eigenvalue weighted by Gasteiger charge is 2.23. The number of nitrogens with one attached hydrogen (secondary N) is 1. The van der Waals surface area contributed by atoms with Gasteiger partial charge in [0.2, 0.25) is 0 Å². The number of anilines is 1. The fraction of sp³-hybridized carbons (Fsp3) is 0.258. The molecule has 0 atom stereocenters. The van der Waals surface area contributed by atoms with Crippen LogP contribution in [0.5, 0.6) is 11.5 Å². The number of hydrogen-bond donors (Lipinski definition) is 1. The standard InChI is InChI=1S/C31H32N2O6/c1-30(2,3)38-28(35)24-14-12-23(19-25(24)32-27(34)20-10-8-7-9-11-20)37-22-13-15-26-21(18-22)16-17-33(26)29(36)39-31(4,5)6/h7-19H,1-6H3,(H,32,34). The van der Waals surface area contributed by atoms with E-state index in [9.17, 15) is 14.4 Å². The Balaban J connectivity index is 1.62. The van der Waals surface area contributed by atoms with Gasteiger partial charge >= 0.3 is 12.1 Å². The van der Waals surface area contributed by atoms with Gasteiger partial charge in [-0.3, -0.25) is 9.36 Å². The molecule has 0 radical (unpaired) electrons. The quantitative estimate of drug-likeness (QED) is 0.271. The first-order chi connectivity index (χ1) is 18.3. The van der Waals surface area contributed by atoms with E-state index in [1.54, 1.807) is 93.7 Å². The number of hydrogen-bond acceptors (Lipinski definition) is 6. The monoisotopic (exact) mass is 528 g/mol. The maximum absolute atomic E-state index is 12.9. The molecule has 1 amide bonds. The van der Waals surface area contributed by atoms with Crippen LogP contribution in [0, 0.1) is 0 Å². The summed E-state index contributed by atoms with van der Waals surface area (Å²) >= 11 is 0. The summed E-state index contributed by atoms with van der Waals surface area (Å²) in [7, 11) is 0. The molecular formula is C31H32N2O6. The van der Waals surface area contributed by atoms with Crippen LogP contribution < -0.4 is 10.1 Å². The van der Waals surface area contributed by atoms with Crippen molar-refractivity contribution >= 4 is 34.6 Å². The smallest absolute Gasteiger partial charge is 0.418 e. The number of esters is 1. The highest BCUT2D eigenvalue weighted by atomic mass is 16.6. The fourth-order valence-corrected chi connectivity index (χ4v) is 3.78. The molecule has 0 saturated heterocycles. The topological polar surface area (TPSA) is 95.9 Å². The normalized spacial score (nSPS) is 11.6. The van der Waals surface area contributed by atoms with Gasteiger partial charge in [0.1, 0.15) is 22.7 Å². The lowest BCUT2D eigenvalue weighted by molar-refractivity contribution is 0.00704. The zero-order valence-electron chi connectivity index (χ0n) is 22.9. The molecule has 0 aliphatic rings. The third-order valence-electron chi connectivity index (χ3n) is 5.38. The van der Waals surface area contributed by atoms with Gasteiger partial charge in [-0.15, -0.1) is 0 Å². The molecule has 1 N–H and O–H groups in total. The first-order valence-electron chi connectivity index (χ1n) is 12.6. The Labute approximate surface area is 227 Å². The zero-order chi connectivity index (χ0) is 28.4. The third-order valence-corrected chi connectivity index (χ3v) is 5.38. The Morgan fingerprint density at radius 3 is 2.05 bits per heavy atom. The van der Waals surface area contributed by atoms with Crippen LogP contribution >= 0.6 is 0 Å². The zero-order valence-corrected chi connectivity index (χ0v) is 22.9. The molecule has 39 heavy (non-hydrogen) atoms. The molecule has 0 saturated carbocycles. The van der Waals surface area contributed by atoms with E-state index in [-0.39, 0.29) is 17.2 Å². The maximum Gasteiger partial charge on any atom is 0.418 e. The van der Waals surface area contributed by atoms with E-state index >= 15 is 0 Å². The first kappa shape index (κ1) is 27.4. The molecule has 202 valence electrons. The molecule has 1 aromatic heterocycles. The van der Waals surface area contributed by atoms with Gasteiger partial charge in [0.25, 0.3) is 5.91 Å². The van der Waals surface area contributed by atoms with Crippen molar-refractivity contribution in [2.45, 2.75) is 52.7 Å². The summed E-state index contributed by atoms with van der Waals surface area (Å²) in [5.74, 6) is -0.0313. The summed E-state index contributed by atoms with van der Waals surface area (Å²) in [5.41, 5.74) is 0.249. The van der Waals surface area contributed by atoms with E-state index in [1.807, 2.05) is 26.8 Å². The molecule has 0 spiro atoms. The Bertz CT molecular complexity index is 1520. The molecule has 4 rings (SSSR count). The van der Waals surface area contributed by atoms with Crippen molar-refractivity contribution in [1.29, 1.82) is 0 Å². The largest absolute Gasteiger partial charge is 0.457 e. The summed E-state index contributed by atoms with van der Waals surface area (Å²) in [5, 5.41) is 3.59. The van der Waals surface area contributed by atoms with Crippen LogP contribution in [0.15, 0.2) is 79.0 Å². The van der Waals surface area contributed by atoms with Gasteiger partial charge in [0.05, 0.1) is 16.8 Å². The van der Waals surface area contributed by atoms with Crippen molar-refractivity contribution in [3.05, 3.63) is 90.1 Å². The maximum atomic E-state index is 12.9. The van der Waals surface area contributed by atoms with E-state index in [0.717, 1.165) is 5.39 Å². The Morgan fingerprint density at radius 1 is 0.744 bits per heavy atom. The van der Waals surface area contributed by atoms with Gasteiger partial charge in [-0.25, -0.2) is 9.59 Å². The lowest BCUT2D eigenvalue weighted by Gasteiger charge is -2.21. The van der Waals surface area contributed by atoms with Crippen LogP contribution in [0.25, 0.3) is 10.9 Å². The second-order valence-electron chi connectivity index (χ2n) is 11.0. The number of benzene rings is 3. The van der Waals surface area contributed by atoms with Gasteiger partial charge in [0.15, 0.2) is 0 Å². The number of aromatic nitrogens is 1. The van der Waals surface area contributed by atoms with Crippen molar-refractivity contribution in [3.63, 3.8) is 0 Å². The van der Waals surface area contributed by atoms with Crippen molar-refractivity contribution in [2.24, 2.45) is 0 Å². The molecular weight excluding hydrogens is 496 g/mol. The van der Waals surface area contributed by atoms with Crippen molar-refractivity contribution in [3.8, 4) is 11.5 Å². The molecule has 0 aliphatic heterocycles. The Morgan fingerprint density at radius 2 is 1.38 bits per heavy atom. The minimum absolute atomic E-state index is 0.200. The van der Waals surface area contributed by atoms with E-state index in [2.05, 4.69) is 5.32 Å². The van der Waals surface area contributed by atoms with Crippen molar-refractivity contribution < 1.29 is 28.6 Å². The summed E-state index contributed by atoms with van der Waals surface area (Å²) < 4.78 is 18.5. The highest BCUT2D eigenvalue weighted by molar-refractivity contribution is 6.08. The summed E-state index contributed by atoms with van der Waals surface area (Å²) in [6, 6.07) is 20.5. The average molecular weight is 529 g/mol. The van der Waals surface area contributed by atoms with Crippen molar-refractivity contribution in [2.75, 3.05) is 5.32 Å². The number of carbonyl (C=O) groups is 3. The Kier molecular flexibility index (Phi) is 7.49. The minimum Gasteiger partial charge on any atom is -0.457 e. The van der Waals surface area contributed by atoms with Crippen LogP contribution in [-0.4, -0.2) is 33.7 Å². The minimum atomic E-state index is -0.710. The van der Waals surface area contributed by atoms with Gasteiger partial charge in [-0.05, 0) is 90.1 Å². The molecule has 8 heteroatoms. The van der Waals surface area contributed by atoms with Gasteiger partial charge in [0, 0.05) is 23.2 Å². The van der Waals surface area contributed by atoms with Crippen LogP contribution in [0.1, 0.15) is 62.3 Å². The molecule has 8 nitrogen and oxygen atoms in total. The molecule has 0 unspecified atom stereocenters. The number of ether oxygens (including phenoxy) is 3. The lowest BCUT2D eigenvalue weighted by atomic mass is 10.1. The first-order valence-corrected chi connectivity index (χ1v) is 12.6. The van der Waals surface area contributed by atoms with Crippen LogP contribution in [0.2, 0.25) is 0 Å². The molecule has 0 fully saturated rings. The van der Waals surface area contributed by atoms with Gasteiger partial charge in [-0.1, -0.05) is 18.2 Å². The van der Waals surface area contributed by atoms with Crippen LogP contribution in [0.3, 0.4) is 0 Å². The van der Waals surface area contributed by atoms with E-state index in [4.69, 9.17) is 14.2 Å². The predicted molar refractivity (Wildman–Crippen MR) is 150 cm³/mol. The molecule has 4 aromatic rings. The summed E-state index contributed by atoms with van der Waals surface area (Å²) in [6.45, 7) is 10.8. The summed E-state index contributed by atoms with van der Waals surface area (Å²) in [6.07, 6.45) is 1.18.